The quantitative estimate of drug-likeness (QED) is 0.373. The van der Waals surface area contributed by atoms with Gasteiger partial charge in [0.2, 0.25) is 0 Å². The van der Waals surface area contributed by atoms with E-state index in [1.165, 1.54) is 24.7 Å². The molecular weight excluding hydrogens is 426 g/mol. The van der Waals surface area contributed by atoms with Gasteiger partial charge in [0.1, 0.15) is 22.8 Å². The van der Waals surface area contributed by atoms with Crippen LogP contribution >= 0.6 is 0 Å². The van der Waals surface area contributed by atoms with Crippen molar-refractivity contribution in [3.05, 3.63) is 72.8 Å². The van der Waals surface area contributed by atoms with Crippen LogP contribution in [0.1, 0.15) is 0 Å². The number of nitrogens with two attached hydrogens (primary N) is 1. The largest absolute Gasteiger partial charge is 0.397 e. The van der Waals surface area contributed by atoms with Crippen LogP contribution in [0.5, 0.6) is 0 Å². The van der Waals surface area contributed by atoms with Gasteiger partial charge >= 0.3 is 0 Å². The molecule has 8 nitrogen and oxygen atoms in total. The number of H-pyrrole nitrogens is 2. The summed E-state index contributed by atoms with van der Waals surface area (Å²) in [6.07, 6.45) is 5.94. The van der Waals surface area contributed by atoms with E-state index in [-0.39, 0.29) is 33.9 Å². The summed E-state index contributed by atoms with van der Waals surface area (Å²) in [5.74, 6) is -0.648. The monoisotopic (exact) mass is 440 g/mol. The van der Waals surface area contributed by atoms with Gasteiger partial charge in [0, 0.05) is 47.0 Å². The number of halogens is 2. The molecule has 0 fully saturated rings. The third-order valence-corrected chi connectivity index (χ3v) is 5.37. The molecule has 0 radical (unpaired) electrons. The molecule has 0 unspecified atom stereocenters. The lowest BCUT2D eigenvalue weighted by Crippen LogP contribution is -1.93. The van der Waals surface area contributed by atoms with E-state index >= 15 is 4.39 Å². The summed E-state index contributed by atoms with van der Waals surface area (Å²) in [5.41, 5.74) is 9.22. The number of nitrogens with one attached hydrogen (secondary N) is 2. The first kappa shape index (κ1) is 19.0. The van der Waals surface area contributed by atoms with Gasteiger partial charge in [0.05, 0.1) is 11.1 Å². The molecule has 0 spiro atoms. The van der Waals surface area contributed by atoms with Crippen LogP contribution < -0.4 is 5.73 Å². The Morgan fingerprint density at radius 3 is 2.61 bits per heavy atom. The molecule has 5 heterocycles. The van der Waals surface area contributed by atoms with Crippen LogP contribution in [0.2, 0.25) is 0 Å². The predicted molar refractivity (Wildman–Crippen MR) is 120 cm³/mol. The average molecular weight is 440 g/mol. The number of imidazole rings is 1. The zero-order valence-electron chi connectivity index (χ0n) is 16.8. The van der Waals surface area contributed by atoms with Crippen molar-refractivity contribution in [1.82, 2.24) is 35.1 Å². The number of nitrogen functional groups attached to an aromatic ring is 1. The van der Waals surface area contributed by atoms with Crippen molar-refractivity contribution < 1.29 is 8.78 Å². The lowest BCUT2D eigenvalue weighted by Gasteiger charge is -2.05. The third-order valence-electron chi connectivity index (χ3n) is 5.37. The van der Waals surface area contributed by atoms with E-state index in [1.54, 1.807) is 36.5 Å². The number of nitrogens with zero attached hydrogens (tertiary/aromatic N) is 5. The normalized spacial score (nSPS) is 11.5. The average Bonchev–Trinajstić information content (AvgIpc) is 3.44. The Kier molecular flexibility index (Phi) is 4.12. The lowest BCUT2D eigenvalue weighted by atomic mass is 10.1. The number of benzene rings is 1. The Morgan fingerprint density at radius 2 is 1.76 bits per heavy atom. The molecule has 6 rings (SSSR count). The molecule has 5 aromatic heterocycles. The predicted octanol–water partition coefficient (Wildman–Crippen LogP) is 4.49. The number of anilines is 1. The molecule has 6 aromatic rings. The number of aromatic amines is 2. The highest BCUT2D eigenvalue weighted by molar-refractivity contribution is 5.96. The number of pyridine rings is 3. The van der Waals surface area contributed by atoms with Crippen LogP contribution in [-0.2, 0) is 0 Å². The second-order valence-electron chi connectivity index (χ2n) is 7.41. The number of rotatable bonds is 3. The fourth-order valence-corrected chi connectivity index (χ4v) is 3.85. The van der Waals surface area contributed by atoms with Gasteiger partial charge < -0.3 is 10.7 Å². The van der Waals surface area contributed by atoms with Crippen LogP contribution in [0.15, 0.2) is 61.2 Å². The van der Waals surface area contributed by atoms with Gasteiger partial charge in [-0.2, -0.15) is 5.10 Å². The smallest absolute Gasteiger partial charge is 0.161 e. The Labute approximate surface area is 184 Å². The van der Waals surface area contributed by atoms with Gasteiger partial charge in [-0.25, -0.2) is 23.7 Å². The number of hydrogen-bond donors (Lipinski definition) is 3. The summed E-state index contributed by atoms with van der Waals surface area (Å²) < 4.78 is 30.1. The maximum atomic E-state index is 15.6. The van der Waals surface area contributed by atoms with Crippen molar-refractivity contribution in [3.8, 4) is 33.8 Å². The molecule has 0 saturated carbocycles. The molecule has 1 aromatic carbocycles. The molecule has 160 valence electrons. The van der Waals surface area contributed by atoms with E-state index in [0.29, 0.717) is 33.5 Å². The maximum Gasteiger partial charge on any atom is 0.161 e. The van der Waals surface area contributed by atoms with E-state index < -0.39 is 5.82 Å². The summed E-state index contributed by atoms with van der Waals surface area (Å²) in [6, 6.07) is 9.70. The SMILES string of the molecule is Nc1cncc(-c2cnc3[nH]nc(-c4nc5c(-c6ccccc6F)ccnc5[nH]4)c3c2F)c1. The molecule has 0 amide bonds. The zero-order chi connectivity index (χ0) is 22.5. The van der Waals surface area contributed by atoms with Crippen molar-refractivity contribution in [2.24, 2.45) is 0 Å². The number of fused-ring (bicyclic) bond motifs is 2. The lowest BCUT2D eigenvalue weighted by molar-refractivity contribution is 0.631. The van der Waals surface area contributed by atoms with Gasteiger partial charge in [-0.1, -0.05) is 18.2 Å². The molecule has 0 saturated heterocycles. The van der Waals surface area contributed by atoms with Gasteiger partial charge in [0.15, 0.2) is 17.1 Å². The summed E-state index contributed by atoms with van der Waals surface area (Å²) >= 11 is 0. The van der Waals surface area contributed by atoms with E-state index in [9.17, 15) is 4.39 Å². The van der Waals surface area contributed by atoms with Crippen LogP contribution in [0.3, 0.4) is 0 Å². The minimum atomic E-state index is -0.543. The summed E-state index contributed by atoms with van der Waals surface area (Å²) in [6.45, 7) is 0. The first-order valence-electron chi connectivity index (χ1n) is 9.93. The molecule has 4 N–H and O–H groups in total. The molecule has 0 bridgehead atoms. The van der Waals surface area contributed by atoms with Crippen molar-refractivity contribution in [3.63, 3.8) is 0 Å². The highest BCUT2D eigenvalue weighted by atomic mass is 19.1. The van der Waals surface area contributed by atoms with Crippen LogP contribution in [0.4, 0.5) is 14.5 Å². The van der Waals surface area contributed by atoms with E-state index in [0.717, 1.165) is 0 Å². The van der Waals surface area contributed by atoms with Crippen molar-refractivity contribution in [2.75, 3.05) is 5.73 Å². The summed E-state index contributed by atoms with van der Waals surface area (Å²) in [7, 11) is 0. The second kappa shape index (κ2) is 7.16. The van der Waals surface area contributed by atoms with Gasteiger partial charge in [-0.15, -0.1) is 0 Å². The third kappa shape index (κ3) is 2.99. The van der Waals surface area contributed by atoms with Crippen molar-refractivity contribution >= 4 is 27.9 Å². The maximum absolute atomic E-state index is 15.6. The zero-order valence-corrected chi connectivity index (χ0v) is 16.8. The highest BCUT2D eigenvalue weighted by Crippen LogP contribution is 2.34. The molecular formula is C23H14F2N8. The molecule has 33 heavy (non-hydrogen) atoms. The Hall–Kier alpha value is -4.73. The minimum Gasteiger partial charge on any atom is -0.397 e. The van der Waals surface area contributed by atoms with Crippen molar-refractivity contribution in [2.45, 2.75) is 0 Å². The summed E-state index contributed by atoms with van der Waals surface area (Å²) in [5, 5.41) is 7.12. The first-order valence-corrected chi connectivity index (χ1v) is 9.93. The highest BCUT2D eigenvalue weighted by Gasteiger charge is 2.22. The van der Waals surface area contributed by atoms with Crippen molar-refractivity contribution in [1.29, 1.82) is 0 Å². The number of hydrogen-bond acceptors (Lipinski definition) is 6. The molecule has 10 heteroatoms. The number of aromatic nitrogens is 7. The Balaban J connectivity index is 1.56. The second-order valence-corrected chi connectivity index (χ2v) is 7.41. The van der Waals surface area contributed by atoms with E-state index in [2.05, 4.69) is 35.1 Å². The molecule has 0 aliphatic rings. The van der Waals surface area contributed by atoms with Gasteiger partial charge in [-0.05, 0) is 18.2 Å². The van der Waals surface area contributed by atoms with Crippen LogP contribution in [0.25, 0.3) is 56.0 Å². The van der Waals surface area contributed by atoms with E-state index in [1.807, 2.05) is 0 Å². The Morgan fingerprint density at radius 1 is 0.879 bits per heavy atom. The molecule has 0 aliphatic heterocycles. The van der Waals surface area contributed by atoms with Gasteiger partial charge in [0.25, 0.3) is 0 Å². The van der Waals surface area contributed by atoms with E-state index in [4.69, 9.17) is 5.73 Å². The standard InChI is InChI=1S/C23H14F2N8/c24-16-4-2-1-3-13(16)14-5-6-28-22-19(14)30-23(31-22)20-17-18(25)15(10-29-21(17)33-32-20)11-7-12(26)9-27-8-11/h1-10H,26H2,(H,28,30,31)(H,29,32,33). The molecule has 0 atom stereocenters. The minimum absolute atomic E-state index is 0.154. The fraction of sp³-hybridized carbons (Fsp3) is 0. The van der Waals surface area contributed by atoms with Crippen LogP contribution in [-0.4, -0.2) is 35.1 Å². The molecule has 0 aliphatic carbocycles. The fourth-order valence-electron chi connectivity index (χ4n) is 3.85. The topological polar surface area (TPSA) is 122 Å². The first-order chi connectivity index (χ1) is 16.1. The Bertz CT molecular complexity index is 1670. The summed E-state index contributed by atoms with van der Waals surface area (Å²) in [4.78, 5) is 20.3. The van der Waals surface area contributed by atoms with Crippen LogP contribution in [0, 0.1) is 11.6 Å². The van der Waals surface area contributed by atoms with Gasteiger partial charge in [-0.3, -0.25) is 10.1 Å².